The summed E-state index contributed by atoms with van der Waals surface area (Å²) in [4.78, 5) is 28.5. The molecule has 0 aliphatic rings. The predicted molar refractivity (Wildman–Crippen MR) is 109 cm³/mol. The summed E-state index contributed by atoms with van der Waals surface area (Å²) in [6.45, 7) is 3.50. The summed E-state index contributed by atoms with van der Waals surface area (Å²) in [6.07, 6.45) is 3.61. The Morgan fingerprint density at radius 1 is 1.40 bits per heavy atom. The Bertz CT molecular complexity index is 846. The third-order valence-electron chi connectivity index (χ3n) is 3.09. The molecule has 1 amide bonds. The Kier molecular flexibility index (Phi) is 6.98. The molecular weight excluding hydrogens is 422 g/mol. The number of hydrogen-bond donors (Lipinski definition) is 2. The molecule has 0 atom stereocenters. The maximum atomic E-state index is 12.4. The first-order valence-electron chi connectivity index (χ1n) is 7.45. The molecule has 2 N–H and O–H groups in total. The normalized spacial score (nSPS) is 10.7. The highest BCUT2D eigenvalue weighted by molar-refractivity contribution is 9.10. The van der Waals surface area contributed by atoms with Crippen LogP contribution in [0.5, 0.6) is 0 Å². The fourth-order valence-electron chi connectivity index (χ4n) is 1.88. The first kappa shape index (κ1) is 19.4. The lowest BCUT2D eigenvalue weighted by molar-refractivity contribution is -0.119. The molecule has 1 aromatic carbocycles. The first-order chi connectivity index (χ1) is 11.9. The van der Waals surface area contributed by atoms with Gasteiger partial charge in [0.1, 0.15) is 0 Å². The van der Waals surface area contributed by atoms with E-state index in [0.717, 1.165) is 10.0 Å². The Morgan fingerprint density at radius 3 is 2.84 bits per heavy atom. The molecule has 2 aromatic rings. The van der Waals surface area contributed by atoms with Gasteiger partial charge in [-0.05, 0) is 42.9 Å². The molecule has 0 aliphatic carbocycles. The summed E-state index contributed by atoms with van der Waals surface area (Å²) in [6, 6.07) is 7.66. The lowest BCUT2D eigenvalue weighted by Gasteiger charge is -2.04. The monoisotopic (exact) mass is 437 g/mol. The summed E-state index contributed by atoms with van der Waals surface area (Å²) in [7, 11) is 0. The minimum absolute atomic E-state index is 0.133. The van der Waals surface area contributed by atoms with Gasteiger partial charge < -0.3 is 10.6 Å². The van der Waals surface area contributed by atoms with Crippen LogP contribution >= 0.6 is 39.5 Å². The summed E-state index contributed by atoms with van der Waals surface area (Å²) in [5.74, 6) is -0.314. The highest BCUT2D eigenvalue weighted by Crippen LogP contribution is 2.24. The number of nitrogens with one attached hydrogen (secondary N) is 2. The maximum Gasteiger partial charge on any atom is 0.225 e. The number of benzene rings is 1. The Labute approximate surface area is 163 Å². The molecule has 0 radical (unpaired) electrons. The second kappa shape index (κ2) is 8.98. The molecule has 0 aliphatic heterocycles. The van der Waals surface area contributed by atoms with Crippen LogP contribution in [0.3, 0.4) is 0 Å². The van der Waals surface area contributed by atoms with E-state index in [1.807, 2.05) is 24.3 Å². The van der Waals surface area contributed by atoms with Crippen molar-refractivity contribution in [3.63, 3.8) is 0 Å². The van der Waals surface area contributed by atoms with Gasteiger partial charge in [-0.1, -0.05) is 52.4 Å². The number of rotatable bonds is 5. The maximum absolute atomic E-state index is 12.4. The van der Waals surface area contributed by atoms with E-state index in [2.05, 4.69) is 31.5 Å². The van der Waals surface area contributed by atoms with Gasteiger partial charge in [-0.2, -0.15) is 0 Å². The topological polar surface area (TPSA) is 71.1 Å². The molecule has 8 heteroatoms. The number of carbonyl (C=O) groups is 2. The molecule has 5 nitrogen and oxygen atoms in total. The van der Waals surface area contributed by atoms with Crippen LogP contribution in [0.1, 0.15) is 34.3 Å². The van der Waals surface area contributed by atoms with Crippen molar-refractivity contribution in [2.24, 2.45) is 0 Å². The number of aryl methyl sites for hydroxylation is 1. The highest BCUT2D eigenvalue weighted by atomic mass is 79.9. The second-order valence-electron chi connectivity index (χ2n) is 5.04. The summed E-state index contributed by atoms with van der Waals surface area (Å²) < 4.78 is 0.949. The quantitative estimate of drug-likeness (QED) is 0.413. The second-order valence-corrected chi connectivity index (χ2v) is 7.36. The van der Waals surface area contributed by atoms with Gasteiger partial charge in [-0.3, -0.25) is 9.59 Å². The number of aromatic nitrogens is 1. The number of thiocarbonyl (C=S) groups is 1. The number of carbonyl (C=O) groups excluding carboxylic acids is 2. The number of anilines is 1. The summed E-state index contributed by atoms with van der Waals surface area (Å²) >= 11 is 9.64. The third-order valence-corrected chi connectivity index (χ3v) is 4.88. The van der Waals surface area contributed by atoms with Crippen LogP contribution in [0.2, 0.25) is 0 Å². The zero-order chi connectivity index (χ0) is 18.4. The number of thiazole rings is 1. The summed E-state index contributed by atoms with van der Waals surface area (Å²) in [5, 5.41) is 6.00. The van der Waals surface area contributed by atoms with Crippen LogP contribution in [-0.2, 0) is 4.79 Å². The van der Waals surface area contributed by atoms with Gasteiger partial charge in [0.15, 0.2) is 16.0 Å². The smallest absolute Gasteiger partial charge is 0.225 e. The number of nitrogens with zero attached hydrogens (tertiary/aromatic N) is 1. The fraction of sp³-hybridized carbons (Fsp3) is 0.176. The van der Waals surface area contributed by atoms with Crippen molar-refractivity contribution in [2.45, 2.75) is 20.3 Å². The Morgan fingerprint density at radius 2 is 2.16 bits per heavy atom. The third kappa shape index (κ3) is 5.84. The van der Waals surface area contributed by atoms with E-state index in [-0.39, 0.29) is 16.8 Å². The van der Waals surface area contributed by atoms with Crippen molar-refractivity contribution in [1.82, 2.24) is 10.3 Å². The SMILES string of the molecule is CCC(=O)NC(=S)Nc1nc(C)c(C(=O)/C=C/c2cccc(Br)c2)s1. The van der Waals surface area contributed by atoms with Crippen LogP contribution in [0, 0.1) is 6.92 Å². The van der Waals surface area contributed by atoms with Crippen LogP contribution in [-0.4, -0.2) is 21.8 Å². The van der Waals surface area contributed by atoms with E-state index in [9.17, 15) is 9.59 Å². The van der Waals surface area contributed by atoms with E-state index in [0.29, 0.717) is 22.1 Å². The van der Waals surface area contributed by atoms with Crippen molar-refractivity contribution in [2.75, 3.05) is 5.32 Å². The standard InChI is InChI=1S/C17H16BrN3O2S2/c1-3-14(23)20-16(24)21-17-19-10(2)15(25-17)13(22)8-7-11-5-4-6-12(18)9-11/h4-9H,3H2,1-2H3,(H2,19,20,21,23,24)/b8-7+. The van der Waals surface area contributed by atoms with Gasteiger partial charge in [0.2, 0.25) is 5.91 Å². The lowest BCUT2D eigenvalue weighted by Crippen LogP contribution is -2.33. The molecule has 0 fully saturated rings. The van der Waals surface area contributed by atoms with Gasteiger partial charge in [0.05, 0.1) is 10.6 Å². The minimum Gasteiger partial charge on any atom is -0.308 e. The molecule has 1 heterocycles. The van der Waals surface area contributed by atoms with Gasteiger partial charge in [-0.25, -0.2) is 4.98 Å². The van der Waals surface area contributed by atoms with Crippen LogP contribution in [0.15, 0.2) is 34.8 Å². The first-order valence-corrected chi connectivity index (χ1v) is 9.47. The lowest BCUT2D eigenvalue weighted by atomic mass is 10.2. The molecule has 0 spiro atoms. The van der Waals surface area contributed by atoms with E-state index in [1.165, 1.54) is 17.4 Å². The molecule has 2 rings (SSSR count). The largest absolute Gasteiger partial charge is 0.308 e. The number of hydrogen-bond acceptors (Lipinski definition) is 5. The number of halogens is 1. The van der Waals surface area contributed by atoms with Gasteiger partial charge in [-0.15, -0.1) is 0 Å². The van der Waals surface area contributed by atoms with Crippen LogP contribution in [0.4, 0.5) is 5.13 Å². The van der Waals surface area contributed by atoms with Gasteiger partial charge in [0.25, 0.3) is 0 Å². The van der Waals surface area contributed by atoms with E-state index >= 15 is 0 Å². The van der Waals surface area contributed by atoms with Crippen molar-refractivity contribution >= 4 is 67.5 Å². The van der Waals surface area contributed by atoms with Gasteiger partial charge in [0, 0.05) is 10.9 Å². The predicted octanol–water partition coefficient (Wildman–Crippen LogP) is 4.33. The molecule has 130 valence electrons. The number of ketones is 1. The Balaban J connectivity index is 2.07. The van der Waals surface area contributed by atoms with Crippen LogP contribution < -0.4 is 10.6 Å². The van der Waals surface area contributed by atoms with Crippen molar-refractivity contribution in [1.29, 1.82) is 0 Å². The molecule has 0 saturated carbocycles. The molecule has 1 aromatic heterocycles. The molecule has 0 bridgehead atoms. The minimum atomic E-state index is -0.181. The van der Waals surface area contributed by atoms with Gasteiger partial charge >= 0.3 is 0 Å². The average molecular weight is 438 g/mol. The average Bonchev–Trinajstić information content (AvgIpc) is 2.92. The van der Waals surface area contributed by atoms with Crippen LogP contribution in [0.25, 0.3) is 6.08 Å². The number of amides is 1. The fourth-order valence-corrected chi connectivity index (χ4v) is 3.46. The number of allylic oxidation sites excluding steroid dienone is 1. The Hall–Kier alpha value is -1.90. The molecule has 25 heavy (non-hydrogen) atoms. The zero-order valence-electron chi connectivity index (χ0n) is 13.6. The molecular formula is C17H16BrN3O2S2. The van der Waals surface area contributed by atoms with E-state index < -0.39 is 0 Å². The summed E-state index contributed by atoms with van der Waals surface area (Å²) in [5.41, 5.74) is 1.53. The highest BCUT2D eigenvalue weighted by Gasteiger charge is 2.14. The van der Waals surface area contributed by atoms with Crippen molar-refractivity contribution in [3.05, 3.63) is 50.9 Å². The molecule has 0 unspecified atom stereocenters. The molecule has 0 saturated heterocycles. The van der Waals surface area contributed by atoms with Crippen molar-refractivity contribution in [3.8, 4) is 0 Å². The van der Waals surface area contributed by atoms with E-state index in [1.54, 1.807) is 19.9 Å². The zero-order valence-corrected chi connectivity index (χ0v) is 16.8. The van der Waals surface area contributed by atoms with E-state index in [4.69, 9.17) is 12.2 Å². The van der Waals surface area contributed by atoms with Crippen molar-refractivity contribution < 1.29 is 9.59 Å².